The minimum absolute atomic E-state index is 0.125. The number of H-pyrrole nitrogens is 1. The number of hydrogen-bond acceptors (Lipinski definition) is 2. The zero-order chi connectivity index (χ0) is 11.7. The summed E-state index contributed by atoms with van der Waals surface area (Å²) in [6.07, 6.45) is 2.75. The van der Waals surface area contributed by atoms with Crippen molar-refractivity contribution in [3.63, 3.8) is 0 Å². The van der Waals surface area contributed by atoms with E-state index in [2.05, 4.69) is 4.98 Å². The van der Waals surface area contributed by atoms with Gasteiger partial charge in [0.15, 0.2) is 0 Å². The monoisotopic (exact) mass is 222 g/mol. The number of aromatic carboxylic acids is 1. The molecule has 0 radical (unpaired) electrons. The van der Waals surface area contributed by atoms with Gasteiger partial charge in [0, 0.05) is 12.4 Å². The zero-order valence-electron chi connectivity index (χ0n) is 7.98. The molecule has 1 heterocycles. The Hall–Kier alpha value is -2.37. The van der Waals surface area contributed by atoms with Crippen molar-refractivity contribution in [3.8, 4) is 5.69 Å². The minimum atomic E-state index is -1.29. The van der Waals surface area contributed by atoms with Crippen LogP contribution in [0.1, 0.15) is 10.4 Å². The molecule has 0 aliphatic carbocycles. The van der Waals surface area contributed by atoms with E-state index < -0.39 is 17.5 Å². The Bertz CT molecular complexity index is 600. The summed E-state index contributed by atoms with van der Waals surface area (Å²) in [6.45, 7) is 0. The average Bonchev–Trinajstić information content (AvgIpc) is 2.64. The maximum Gasteiger partial charge on any atom is 0.337 e. The molecule has 2 rings (SSSR count). The van der Waals surface area contributed by atoms with Crippen LogP contribution < -0.4 is 5.69 Å². The van der Waals surface area contributed by atoms with Crippen molar-refractivity contribution in [2.75, 3.05) is 0 Å². The molecule has 16 heavy (non-hydrogen) atoms. The number of halogens is 1. The fourth-order valence-electron chi connectivity index (χ4n) is 1.40. The normalized spacial score (nSPS) is 10.3. The van der Waals surface area contributed by atoms with E-state index in [1.165, 1.54) is 18.5 Å². The molecule has 0 saturated carbocycles. The second kappa shape index (κ2) is 3.65. The first-order valence-corrected chi connectivity index (χ1v) is 4.39. The predicted molar refractivity (Wildman–Crippen MR) is 53.3 cm³/mol. The van der Waals surface area contributed by atoms with Gasteiger partial charge < -0.3 is 10.1 Å². The van der Waals surface area contributed by atoms with Gasteiger partial charge in [-0.05, 0) is 18.2 Å². The lowest BCUT2D eigenvalue weighted by molar-refractivity contribution is 0.0696. The Kier molecular flexibility index (Phi) is 2.32. The molecule has 2 aromatic rings. The quantitative estimate of drug-likeness (QED) is 0.796. The van der Waals surface area contributed by atoms with E-state index in [9.17, 15) is 14.0 Å². The highest BCUT2D eigenvalue weighted by atomic mass is 19.1. The standard InChI is InChI=1S/C10H7FN2O3/c11-6-1-2-8(7(5-6)9(14)15)13-4-3-12-10(13)16/h1-5H,(H,12,16)(H,14,15). The molecule has 0 fully saturated rings. The number of nitrogens with zero attached hydrogens (tertiary/aromatic N) is 1. The molecule has 2 N–H and O–H groups in total. The van der Waals surface area contributed by atoms with Gasteiger partial charge in [0.2, 0.25) is 0 Å². The third-order valence-corrected chi connectivity index (χ3v) is 2.10. The minimum Gasteiger partial charge on any atom is -0.478 e. The van der Waals surface area contributed by atoms with Gasteiger partial charge in [-0.1, -0.05) is 0 Å². The van der Waals surface area contributed by atoms with Crippen molar-refractivity contribution in [1.29, 1.82) is 0 Å². The van der Waals surface area contributed by atoms with Crippen LogP contribution in [0, 0.1) is 5.82 Å². The molecule has 0 saturated heterocycles. The van der Waals surface area contributed by atoms with E-state index in [1.54, 1.807) is 0 Å². The first-order valence-electron chi connectivity index (χ1n) is 4.39. The Labute approximate surface area is 88.8 Å². The number of hydrogen-bond donors (Lipinski definition) is 2. The molecule has 0 unspecified atom stereocenters. The number of carboxylic acids is 1. The molecule has 0 spiro atoms. The smallest absolute Gasteiger partial charge is 0.337 e. The predicted octanol–water partition coefficient (Wildman–Crippen LogP) is 1.00. The maximum atomic E-state index is 12.9. The van der Waals surface area contributed by atoms with E-state index in [0.29, 0.717) is 0 Å². The largest absolute Gasteiger partial charge is 0.478 e. The number of rotatable bonds is 2. The summed E-state index contributed by atoms with van der Waals surface area (Å²) in [7, 11) is 0. The lowest BCUT2D eigenvalue weighted by Gasteiger charge is -2.05. The van der Waals surface area contributed by atoms with Crippen LogP contribution in [-0.2, 0) is 0 Å². The molecule has 0 amide bonds. The number of carbonyl (C=O) groups is 1. The topological polar surface area (TPSA) is 75.1 Å². The molecule has 0 atom stereocenters. The molecule has 5 nitrogen and oxygen atoms in total. The number of carboxylic acid groups (broad SMARTS) is 1. The Morgan fingerprint density at radius 2 is 2.19 bits per heavy atom. The Balaban J connectivity index is 2.70. The van der Waals surface area contributed by atoms with E-state index in [4.69, 9.17) is 5.11 Å². The molecule has 0 bridgehead atoms. The third kappa shape index (κ3) is 1.60. The highest BCUT2D eigenvalue weighted by Crippen LogP contribution is 2.14. The lowest BCUT2D eigenvalue weighted by Crippen LogP contribution is -2.17. The van der Waals surface area contributed by atoms with E-state index in [-0.39, 0.29) is 11.3 Å². The van der Waals surface area contributed by atoms with Crippen LogP contribution in [0.5, 0.6) is 0 Å². The molecule has 82 valence electrons. The second-order valence-corrected chi connectivity index (χ2v) is 3.10. The highest BCUT2D eigenvalue weighted by molar-refractivity contribution is 5.91. The SMILES string of the molecule is O=C(O)c1cc(F)ccc1-n1cc[nH]c1=O. The summed E-state index contributed by atoms with van der Waals surface area (Å²) >= 11 is 0. The summed E-state index contributed by atoms with van der Waals surface area (Å²) in [4.78, 5) is 24.6. The first-order chi connectivity index (χ1) is 7.59. The van der Waals surface area contributed by atoms with Crippen molar-refractivity contribution in [3.05, 3.63) is 52.5 Å². The summed E-state index contributed by atoms with van der Waals surface area (Å²) in [5.41, 5.74) is -0.615. The van der Waals surface area contributed by atoms with Crippen LogP contribution in [0.4, 0.5) is 4.39 Å². The Morgan fingerprint density at radius 3 is 2.75 bits per heavy atom. The van der Waals surface area contributed by atoms with Crippen molar-refractivity contribution in [1.82, 2.24) is 9.55 Å². The number of imidazole rings is 1. The van der Waals surface area contributed by atoms with Gasteiger partial charge in [0.05, 0.1) is 11.3 Å². The summed E-state index contributed by atoms with van der Waals surface area (Å²) in [5, 5.41) is 8.89. The van der Waals surface area contributed by atoms with Crippen LogP contribution in [0.25, 0.3) is 5.69 Å². The fourth-order valence-corrected chi connectivity index (χ4v) is 1.40. The van der Waals surface area contributed by atoms with Gasteiger partial charge in [0.1, 0.15) is 5.82 Å². The van der Waals surface area contributed by atoms with Gasteiger partial charge in [-0.15, -0.1) is 0 Å². The first kappa shape index (κ1) is 10.2. The number of nitrogens with one attached hydrogen (secondary N) is 1. The number of aromatic nitrogens is 2. The van der Waals surface area contributed by atoms with E-state index in [0.717, 1.165) is 16.7 Å². The van der Waals surface area contributed by atoms with Crippen LogP contribution in [0.2, 0.25) is 0 Å². The molecule has 6 heteroatoms. The highest BCUT2D eigenvalue weighted by Gasteiger charge is 2.13. The van der Waals surface area contributed by atoms with Crippen molar-refractivity contribution in [2.45, 2.75) is 0 Å². The average molecular weight is 222 g/mol. The molecule has 1 aromatic carbocycles. The van der Waals surface area contributed by atoms with E-state index >= 15 is 0 Å². The van der Waals surface area contributed by atoms with Gasteiger partial charge in [0.25, 0.3) is 0 Å². The van der Waals surface area contributed by atoms with Crippen molar-refractivity contribution >= 4 is 5.97 Å². The fraction of sp³-hybridized carbons (Fsp3) is 0. The van der Waals surface area contributed by atoms with E-state index in [1.807, 2.05) is 0 Å². The third-order valence-electron chi connectivity index (χ3n) is 2.10. The lowest BCUT2D eigenvalue weighted by atomic mass is 10.1. The molecule has 0 aliphatic rings. The van der Waals surface area contributed by atoms with Crippen LogP contribution in [0.15, 0.2) is 35.4 Å². The second-order valence-electron chi connectivity index (χ2n) is 3.10. The molecule has 0 aliphatic heterocycles. The number of aromatic amines is 1. The van der Waals surface area contributed by atoms with Gasteiger partial charge >= 0.3 is 11.7 Å². The molecule has 1 aromatic heterocycles. The van der Waals surface area contributed by atoms with Crippen molar-refractivity contribution < 1.29 is 14.3 Å². The molecular weight excluding hydrogens is 215 g/mol. The summed E-state index contributed by atoms with van der Waals surface area (Å²) in [6, 6.07) is 3.21. The Morgan fingerprint density at radius 1 is 1.44 bits per heavy atom. The maximum absolute atomic E-state index is 12.9. The van der Waals surface area contributed by atoms with Crippen molar-refractivity contribution in [2.24, 2.45) is 0 Å². The number of benzene rings is 1. The van der Waals surface area contributed by atoms with Gasteiger partial charge in [-0.2, -0.15) is 0 Å². The summed E-state index contributed by atoms with van der Waals surface area (Å²) < 4.78 is 14.0. The van der Waals surface area contributed by atoms with Crippen LogP contribution in [0.3, 0.4) is 0 Å². The zero-order valence-corrected chi connectivity index (χ0v) is 7.98. The van der Waals surface area contributed by atoms with Gasteiger partial charge in [-0.25, -0.2) is 14.0 Å². The van der Waals surface area contributed by atoms with Gasteiger partial charge in [-0.3, -0.25) is 4.57 Å². The molecular formula is C10H7FN2O3. The van der Waals surface area contributed by atoms with Crippen LogP contribution >= 0.6 is 0 Å². The summed E-state index contributed by atoms with van der Waals surface area (Å²) in [5.74, 6) is -1.95. The van der Waals surface area contributed by atoms with Crippen LogP contribution in [-0.4, -0.2) is 20.6 Å².